The van der Waals surface area contributed by atoms with Crippen molar-refractivity contribution in [2.75, 3.05) is 13.2 Å². The molecule has 0 amide bonds. The van der Waals surface area contributed by atoms with Crippen LogP contribution in [0.1, 0.15) is 69.1 Å². The summed E-state index contributed by atoms with van der Waals surface area (Å²) in [6.45, 7) is 7.48. The maximum atomic E-state index is 11.4. The molecule has 0 N–H and O–H groups in total. The predicted octanol–water partition coefficient (Wildman–Crippen LogP) is 4.21. The molecule has 29 heavy (non-hydrogen) atoms. The minimum Gasteiger partial charge on any atom is -0.493 e. The van der Waals surface area contributed by atoms with Crippen molar-refractivity contribution in [2.45, 2.75) is 58.3 Å². The standard InChI is InChI=1S/C24H28N2O3/c1-4-28-23(27)8-6-5-7-22-25-15-13-19(26-22)11-9-18-10-12-21-20(17-18)24(2,3)14-16-29-21/h10,12-13,15,17H,4-8,14,16H2,1-3H3. The lowest BCUT2D eigenvalue weighted by atomic mass is 9.79. The molecule has 0 bridgehead atoms. The van der Waals surface area contributed by atoms with Crippen LogP contribution in [0.3, 0.4) is 0 Å². The van der Waals surface area contributed by atoms with E-state index in [1.807, 2.05) is 25.1 Å². The van der Waals surface area contributed by atoms with Gasteiger partial charge in [-0.3, -0.25) is 4.79 Å². The maximum Gasteiger partial charge on any atom is 0.305 e. The number of hydrogen-bond donors (Lipinski definition) is 0. The third kappa shape index (κ3) is 5.80. The topological polar surface area (TPSA) is 61.3 Å². The quantitative estimate of drug-likeness (QED) is 0.419. The minimum atomic E-state index is -0.147. The molecule has 0 saturated carbocycles. The zero-order valence-corrected chi connectivity index (χ0v) is 17.5. The van der Waals surface area contributed by atoms with Gasteiger partial charge in [0.1, 0.15) is 17.3 Å². The summed E-state index contributed by atoms with van der Waals surface area (Å²) in [5.74, 6) is 7.92. The first-order chi connectivity index (χ1) is 14.0. The second kappa shape index (κ2) is 9.56. The third-order valence-electron chi connectivity index (χ3n) is 5.07. The SMILES string of the molecule is CCOC(=O)CCCCc1nccc(C#Cc2ccc3c(c2)C(C)(C)CCO3)n1. The highest BCUT2D eigenvalue weighted by molar-refractivity contribution is 5.69. The van der Waals surface area contributed by atoms with Gasteiger partial charge in [0.05, 0.1) is 13.2 Å². The second-order valence-electron chi connectivity index (χ2n) is 7.81. The fourth-order valence-corrected chi connectivity index (χ4v) is 3.32. The molecule has 0 unspecified atom stereocenters. The summed E-state index contributed by atoms with van der Waals surface area (Å²) in [5.41, 5.74) is 2.96. The Morgan fingerprint density at radius 1 is 1.24 bits per heavy atom. The van der Waals surface area contributed by atoms with Crippen LogP contribution in [0.15, 0.2) is 30.5 Å². The van der Waals surface area contributed by atoms with Crippen molar-refractivity contribution < 1.29 is 14.3 Å². The van der Waals surface area contributed by atoms with E-state index in [0.29, 0.717) is 18.7 Å². The van der Waals surface area contributed by atoms with E-state index in [1.54, 1.807) is 6.20 Å². The lowest BCUT2D eigenvalue weighted by molar-refractivity contribution is -0.143. The predicted molar refractivity (Wildman–Crippen MR) is 112 cm³/mol. The molecule has 152 valence electrons. The van der Waals surface area contributed by atoms with E-state index >= 15 is 0 Å². The van der Waals surface area contributed by atoms with Gasteiger partial charge in [0.15, 0.2) is 0 Å². The van der Waals surface area contributed by atoms with Gasteiger partial charge in [0.2, 0.25) is 0 Å². The van der Waals surface area contributed by atoms with Crippen molar-refractivity contribution in [1.82, 2.24) is 9.97 Å². The molecule has 1 aliphatic rings. The van der Waals surface area contributed by atoms with E-state index in [4.69, 9.17) is 9.47 Å². The Morgan fingerprint density at radius 2 is 2.10 bits per heavy atom. The van der Waals surface area contributed by atoms with Gasteiger partial charge in [0.25, 0.3) is 0 Å². The molecule has 2 heterocycles. The number of nitrogens with zero attached hydrogens (tertiary/aromatic N) is 2. The number of ether oxygens (including phenoxy) is 2. The van der Waals surface area contributed by atoms with Crippen LogP contribution < -0.4 is 4.74 Å². The van der Waals surface area contributed by atoms with Gasteiger partial charge in [-0.1, -0.05) is 19.8 Å². The second-order valence-corrected chi connectivity index (χ2v) is 7.81. The summed E-state index contributed by atoms with van der Waals surface area (Å²) < 4.78 is 10.7. The average molecular weight is 392 g/mol. The lowest BCUT2D eigenvalue weighted by Gasteiger charge is -2.32. The molecule has 1 aromatic carbocycles. The van der Waals surface area contributed by atoms with Gasteiger partial charge in [-0.25, -0.2) is 9.97 Å². The molecule has 0 saturated heterocycles. The summed E-state index contributed by atoms with van der Waals surface area (Å²) >= 11 is 0. The van der Waals surface area contributed by atoms with Gasteiger partial charge in [-0.2, -0.15) is 0 Å². The summed E-state index contributed by atoms with van der Waals surface area (Å²) in [7, 11) is 0. The number of aryl methyl sites for hydroxylation is 1. The first kappa shape index (κ1) is 20.9. The van der Waals surface area contributed by atoms with Gasteiger partial charge < -0.3 is 9.47 Å². The van der Waals surface area contributed by atoms with Crippen molar-refractivity contribution in [1.29, 1.82) is 0 Å². The van der Waals surface area contributed by atoms with Crippen molar-refractivity contribution in [2.24, 2.45) is 0 Å². The average Bonchev–Trinajstić information content (AvgIpc) is 2.70. The molecule has 0 radical (unpaired) electrons. The van der Waals surface area contributed by atoms with Crippen LogP contribution in [0.2, 0.25) is 0 Å². The molecular formula is C24H28N2O3. The number of carbonyl (C=O) groups excluding carboxylic acids is 1. The van der Waals surface area contributed by atoms with Crippen LogP contribution in [-0.2, 0) is 21.4 Å². The molecule has 0 spiro atoms. The summed E-state index contributed by atoms with van der Waals surface area (Å²) in [6.07, 6.45) is 5.51. The number of aromatic nitrogens is 2. The first-order valence-corrected chi connectivity index (χ1v) is 10.2. The van der Waals surface area contributed by atoms with E-state index in [9.17, 15) is 4.79 Å². The third-order valence-corrected chi connectivity index (χ3v) is 5.07. The van der Waals surface area contributed by atoms with Crippen LogP contribution in [0.25, 0.3) is 0 Å². The Labute approximate surface area is 172 Å². The Kier molecular flexibility index (Phi) is 6.87. The smallest absolute Gasteiger partial charge is 0.305 e. The Balaban J connectivity index is 1.63. The van der Waals surface area contributed by atoms with Gasteiger partial charge >= 0.3 is 5.97 Å². The first-order valence-electron chi connectivity index (χ1n) is 10.2. The van der Waals surface area contributed by atoms with Gasteiger partial charge in [-0.15, -0.1) is 0 Å². The van der Waals surface area contributed by atoms with Crippen molar-refractivity contribution in [3.63, 3.8) is 0 Å². The van der Waals surface area contributed by atoms with Gasteiger partial charge in [-0.05, 0) is 61.8 Å². The Bertz CT molecular complexity index is 925. The molecule has 0 fully saturated rings. The van der Waals surface area contributed by atoms with Crippen LogP contribution in [-0.4, -0.2) is 29.2 Å². The van der Waals surface area contributed by atoms with E-state index in [-0.39, 0.29) is 11.4 Å². The fraction of sp³-hybridized carbons (Fsp3) is 0.458. The molecule has 0 aliphatic carbocycles. The number of esters is 1. The van der Waals surface area contributed by atoms with Crippen LogP contribution >= 0.6 is 0 Å². The highest BCUT2D eigenvalue weighted by Gasteiger charge is 2.28. The van der Waals surface area contributed by atoms with Crippen molar-refractivity contribution in [3.05, 3.63) is 53.1 Å². The van der Waals surface area contributed by atoms with Crippen molar-refractivity contribution >= 4 is 5.97 Å². The Morgan fingerprint density at radius 3 is 2.93 bits per heavy atom. The van der Waals surface area contributed by atoms with E-state index < -0.39 is 0 Å². The minimum absolute atomic E-state index is 0.0942. The van der Waals surface area contributed by atoms with E-state index in [2.05, 4.69) is 41.7 Å². The highest BCUT2D eigenvalue weighted by atomic mass is 16.5. The van der Waals surface area contributed by atoms with Crippen LogP contribution in [0.4, 0.5) is 0 Å². The number of unbranched alkanes of at least 4 members (excludes halogenated alkanes) is 1. The Hall–Kier alpha value is -2.87. The molecule has 5 nitrogen and oxygen atoms in total. The molecule has 2 aromatic rings. The monoisotopic (exact) mass is 392 g/mol. The number of carbonyl (C=O) groups is 1. The van der Waals surface area contributed by atoms with E-state index in [1.165, 1.54) is 5.56 Å². The maximum absolute atomic E-state index is 11.4. The fourth-order valence-electron chi connectivity index (χ4n) is 3.32. The summed E-state index contributed by atoms with van der Waals surface area (Å²) in [6, 6.07) is 7.94. The van der Waals surface area contributed by atoms with E-state index in [0.717, 1.165) is 49.4 Å². The zero-order chi connectivity index (χ0) is 20.7. The molecular weight excluding hydrogens is 364 g/mol. The number of hydrogen-bond acceptors (Lipinski definition) is 5. The number of fused-ring (bicyclic) bond motifs is 1. The van der Waals surface area contributed by atoms with Crippen LogP contribution in [0.5, 0.6) is 5.75 Å². The molecule has 1 aromatic heterocycles. The number of benzene rings is 1. The lowest BCUT2D eigenvalue weighted by Crippen LogP contribution is -2.26. The summed E-state index contributed by atoms with van der Waals surface area (Å²) in [5, 5.41) is 0. The molecule has 3 rings (SSSR count). The van der Waals surface area contributed by atoms with Crippen LogP contribution in [0, 0.1) is 11.8 Å². The normalized spacial score (nSPS) is 14.2. The van der Waals surface area contributed by atoms with Crippen molar-refractivity contribution in [3.8, 4) is 17.6 Å². The number of rotatable bonds is 6. The zero-order valence-electron chi connectivity index (χ0n) is 17.5. The highest BCUT2D eigenvalue weighted by Crippen LogP contribution is 2.38. The largest absolute Gasteiger partial charge is 0.493 e. The van der Waals surface area contributed by atoms with Gasteiger partial charge in [0, 0.05) is 30.2 Å². The molecule has 5 heteroatoms. The summed E-state index contributed by atoms with van der Waals surface area (Å²) in [4.78, 5) is 20.2. The molecule has 1 aliphatic heterocycles. The molecule has 0 atom stereocenters.